The van der Waals surface area contributed by atoms with Gasteiger partial charge in [-0.1, -0.05) is 0 Å². The molecular formula is C8H16ClNO4. The summed E-state index contributed by atoms with van der Waals surface area (Å²) in [7, 11) is 0. The molecule has 0 bridgehead atoms. The van der Waals surface area contributed by atoms with Crippen molar-refractivity contribution in [3.8, 4) is 0 Å². The Balaban J connectivity index is 0. The predicted molar refractivity (Wildman–Crippen MR) is 53.4 cm³/mol. The van der Waals surface area contributed by atoms with Crippen molar-refractivity contribution >= 4 is 24.2 Å². The maximum absolute atomic E-state index is 10.9. The normalized spacial score (nSPS) is 9.00. The van der Waals surface area contributed by atoms with E-state index >= 15 is 0 Å². The van der Waals surface area contributed by atoms with E-state index in [9.17, 15) is 9.59 Å². The molecule has 14 heavy (non-hydrogen) atoms. The van der Waals surface area contributed by atoms with E-state index in [2.05, 4.69) is 4.74 Å². The Bertz CT molecular complexity index is 175. The minimum atomic E-state index is -0.510. The number of rotatable bonds is 7. The standard InChI is InChI=1S/C8H15NO4.ClH/c1-2-13-8(11)5-7(10)6-12-4-3-9;/h2-6,9H2,1H3;1H. The van der Waals surface area contributed by atoms with Gasteiger partial charge in [0, 0.05) is 6.54 Å². The second-order valence-electron chi connectivity index (χ2n) is 2.36. The molecule has 0 rings (SSSR count). The lowest BCUT2D eigenvalue weighted by Gasteiger charge is -2.01. The summed E-state index contributed by atoms with van der Waals surface area (Å²) in [6.45, 7) is 2.60. The van der Waals surface area contributed by atoms with Crippen LogP contribution in [0, 0.1) is 0 Å². The maximum Gasteiger partial charge on any atom is 0.313 e. The first-order valence-electron chi connectivity index (χ1n) is 4.15. The Labute approximate surface area is 89.3 Å². The second-order valence-corrected chi connectivity index (χ2v) is 2.36. The number of esters is 1. The first-order chi connectivity index (χ1) is 6.20. The van der Waals surface area contributed by atoms with E-state index in [4.69, 9.17) is 10.5 Å². The average molecular weight is 226 g/mol. The third-order valence-corrected chi connectivity index (χ3v) is 1.17. The smallest absolute Gasteiger partial charge is 0.313 e. The topological polar surface area (TPSA) is 78.6 Å². The van der Waals surface area contributed by atoms with E-state index < -0.39 is 5.97 Å². The number of carbonyl (C=O) groups excluding carboxylic acids is 2. The van der Waals surface area contributed by atoms with Gasteiger partial charge in [0.25, 0.3) is 0 Å². The quantitative estimate of drug-likeness (QED) is 0.372. The number of hydrogen-bond donors (Lipinski definition) is 1. The van der Waals surface area contributed by atoms with Gasteiger partial charge in [0.05, 0.1) is 13.2 Å². The van der Waals surface area contributed by atoms with Crippen molar-refractivity contribution in [2.24, 2.45) is 5.73 Å². The van der Waals surface area contributed by atoms with Gasteiger partial charge in [0.1, 0.15) is 13.0 Å². The van der Waals surface area contributed by atoms with Crippen molar-refractivity contribution < 1.29 is 19.1 Å². The molecule has 5 nitrogen and oxygen atoms in total. The van der Waals surface area contributed by atoms with Crippen LogP contribution in [0.2, 0.25) is 0 Å². The third-order valence-electron chi connectivity index (χ3n) is 1.17. The molecule has 0 aromatic heterocycles. The molecular weight excluding hydrogens is 210 g/mol. The number of ether oxygens (including phenoxy) is 2. The molecule has 0 radical (unpaired) electrons. The van der Waals surface area contributed by atoms with E-state index in [0.717, 1.165) is 0 Å². The van der Waals surface area contributed by atoms with Crippen LogP contribution in [0.15, 0.2) is 0 Å². The van der Waals surface area contributed by atoms with Gasteiger partial charge in [0.2, 0.25) is 0 Å². The number of nitrogens with two attached hydrogens (primary N) is 1. The van der Waals surface area contributed by atoms with E-state index in [-0.39, 0.29) is 37.8 Å². The molecule has 84 valence electrons. The molecule has 6 heteroatoms. The molecule has 0 aliphatic rings. The van der Waals surface area contributed by atoms with Gasteiger partial charge in [-0.3, -0.25) is 9.59 Å². The number of Topliss-reactive ketones (excluding diaryl/α,β-unsaturated/α-hetero) is 1. The zero-order valence-electron chi connectivity index (χ0n) is 8.15. The number of ketones is 1. The zero-order chi connectivity index (χ0) is 10.1. The molecule has 0 heterocycles. The van der Waals surface area contributed by atoms with Gasteiger partial charge in [0.15, 0.2) is 5.78 Å². The highest BCUT2D eigenvalue weighted by molar-refractivity contribution is 5.96. The zero-order valence-corrected chi connectivity index (χ0v) is 8.97. The Morgan fingerprint density at radius 2 is 2.00 bits per heavy atom. The average Bonchev–Trinajstić information content (AvgIpc) is 2.05. The summed E-state index contributed by atoms with van der Waals surface area (Å²) in [5, 5.41) is 0. The van der Waals surface area contributed by atoms with Gasteiger partial charge >= 0.3 is 5.97 Å². The molecule has 0 spiro atoms. The fourth-order valence-electron chi connectivity index (χ4n) is 0.693. The van der Waals surface area contributed by atoms with Crippen LogP contribution in [0.25, 0.3) is 0 Å². The molecule has 0 aliphatic carbocycles. The third kappa shape index (κ3) is 9.44. The fourth-order valence-corrected chi connectivity index (χ4v) is 0.693. The van der Waals surface area contributed by atoms with Crippen LogP contribution in [0.3, 0.4) is 0 Å². The summed E-state index contributed by atoms with van der Waals surface area (Å²) in [5.74, 6) is -0.796. The lowest BCUT2D eigenvalue weighted by atomic mass is 10.3. The largest absolute Gasteiger partial charge is 0.466 e. The molecule has 0 saturated heterocycles. The number of halogens is 1. The fraction of sp³-hybridized carbons (Fsp3) is 0.750. The molecule has 2 N–H and O–H groups in total. The van der Waals surface area contributed by atoms with Crippen molar-refractivity contribution in [3.63, 3.8) is 0 Å². The van der Waals surface area contributed by atoms with E-state index in [1.54, 1.807) is 6.92 Å². The summed E-state index contributed by atoms with van der Waals surface area (Å²) >= 11 is 0. The number of carbonyl (C=O) groups is 2. The van der Waals surface area contributed by atoms with Crippen LogP contribution >= 0.6 is 12.4 Å². The van der Waals surface area contributed by atoms with Crippen molar-refractivity contribution in [2.45, 2.75) is 13.3 Å². The van der Waals surface area contributed by atoms with Crippen molar-refractivity contribution in [3.05, 3.63) is 0 Å². The molecule has 0 aromatic rings. The Kier molecular flexibility index (Phi) is 11.8. The Hall–Kier alpha value is -0.650. The van der Waals surface area contributed by atoms with Crippen molar-refractivity contribution in [2.75, 3.05) is 26.4 Å². The predicted octanol–water partition coefficient (Wildman–Crippen LogP) is -0.0942. The van der Waals surface area contributed by atoms with E-state index in [1.807, 2.05) is 0 Å². The first kappa shape index (κ1) is 15.8. The lowest BCUT2D eigenvalue weighted by Crippen LogP contribution is -2.18. The van der Waals surface area contributed by atoms with Gasteiger partial charge in [-0.2, -0.15) is 0 Å². The molecule has 0 atom stereocenters. The van der Waals surface area contributed by atoms with Crippen LogP contribution in [-0.4, -0.2) is 38.1 Å². The Morgan fingerprint density at radius 1 is 1.36 bits per heavy atom. The number of hydrogen-bond acceptors (Lipinski definition) is 5. The highest BCUT2D eigenvalue weighted by atomic mass is 35.5. The summed E-state index contributed by atoms with van der Waals surface area (Å²) in [5.41, 5.74) is 5.14. The molecule has 0 aromatic carbocycles. The van der Waals surface area contributed by atoms with Crippen LogP contribution in [0.5, 0.6) is 0 Å². The Morgan fingerprint density at radius 3 is 2.50 bits per heavy atom. The second kappa shape index (κ2) is 10.4. The lowest BCUT2D eigenvalue weighted by molar-refractivity contribution is -0.146. The van der Waals surface area contributed by atoms with Gasteiger partial charge in [-0.05, 0) is 6.92 Å². The molecule has 0 fully saturated rings. The summed E-state index contributed by atoms with van der Waals surface area (Å²) in [4.78, 5) is 21.7. The van der Waals surface area contributed by atoms with Crippen LogP contribution in [-0.2, 0) is 19.1 Å². The summed E-state index contributed by atoms with van der Waals surface area (Å²) in [6.07, 6.45) is -0.224. The molecule has 0 amide bonds. The minimum Gasteiger partial charge on any atom is -0.466 e. The highest BCUT2D eigenvalue weighted by Crippen LogP contribution is 1.89. The molecule has 0 unspecified atom stereocenters. The summed E-state index contributed by atoms with van der Waals surface area (Å²) in [6, 6.07) is 0. The van der Waals surface area contributed by atoms with Crippen molar-refractivity contribution in [1.82, 2.24) is 0 Å². The van der Waals surface area contributed by atoms with Crippen LogP contribution in [0.1, 0.15) is 13.3 Å². The van der Waals surface area contributed by atoms with E-state index in [0.29, 0.717) is 13.2 Å². The first-order valence-corrected chi connectivity index (χ1v) is 4.15. The van der Waals surface area contributed by atoms with Gasteiger partial charge in [-0.15, -0.1) is 12.4 Å². The molecule has 0 saturated carbocycles. The summed E-state index contributed by atoms with van der Waals surface area (Å²) < 4.78 is 9.42. The van der Waals surface area contributed by atoms with Crippen molar-refractivity contribution in [1.29, 1.82) is 0 Å². The maximum atomic E-state index is 10.9. The monoisotopic (exact) mass is 225 g/mol. The van der Waals surface area contributed by atoms with Gasteiger partial charge in [-0.25, -0.2) is 0 Å². The van der Waals surface area contributed by atoms with E-state index in [1.165, 1.54) is 0 Å². The van der Waals surface area contributed by atoms with Crippen LogP contribution < -0.4 is 5.73 Å². The highest BCUT2D eigenvalue weighted by Gasteiger charge is 2.09. The van der Waals surface area contributed by atoms with Gasteiger partial charge < -0.3 is 15.2 Å². The SMILES string of the molecule is CCOC(=O)CC(=O)COCCN.Cl. The van der Waals surface area contributed by atoms with Crippen LogP contribution in [0.4, 0.5) is 0 Å². The minimum absolute atomic E-state index is 0. The molecule has 0 aliphatic heterocycles.